The molecule has 170 valence electrons. The SMILES string of the molecule is O=C(Nc1cc(S(=O)(=O)N2CCCC2)ccc1O)C1CC(=O)N(CCc2ccccc2)C1. The highest BCUT2D eigenvalue weighted by Gasteiger charge is 2.34. The molecule has 2 aliphatic heterocycles. The van der Waals surface area contributed by atoms with E-state index in [2.05, 4.69) is 5.32 Å². The van der Waals surface area contributed by atoms with Crippen LogP contribution in [0.4, 0.5) is 5.69 Å². The van der Waals surface area contributed by atoms with Gasteiger partial charge in [-0.05, 0) is 43.0 Å². The Morgan fingerprint density at radius 1 is 1.09 bits per heavy atom. The number of likely N-dealkylation sites (tertiary alicyclic amines) is 1. The van der Waals surface area contributed by atoms with Gasteiger partial charge in [-0.3, -0.25) is 9.59 Å². The number of hydrogen-bond acceptors (Lipinski definition) is 5. The first-order valence-electron chi connectivity index (χ1n) is 10.8. The molecule has 32 heavy (non-hydrogen) atoms. The predicted molar refractivity (Wildman–Crippen MR) is 120 cm³/mol. The van der Waals surface area contributed by atoms with Gasteiger partial charge in [-0.2, -0.15) is 4.31 Å². The summed E-state index contributed by atoms with van der Waals surface area (Å²) in [6.45, 7) is 1.76. The van der Waals surface area contributed by atoms with Crippen molar-refractivity contribution >= 4 is 27.5 Å². The number of phenolic OH excluding ortho intramolecular Hbond substituents is 1. The van der Waals surface area contributed by atoms with Gasteiger partial charge in [-0.25, -0.2) is 8.42 Å². The lowest BCUT2D eigenvalue weighted by Crippen LogP contribution is -2.30. The van der Waals surface area contributed by atoms with E-state index in [1.54, 1.807) is 4.90 Å². The number of hydrogen-bond donors (Lipinski definition) is 2. The van der Waals surface area contributed by atoms with Crippen LogP contribution < -0.4 is 5.32 Å². The van der Waals surface area contributed by atoms with Crippen molar-refractivity contribution in [3.8, 4) is 5.75 Å². The quantitative estimate of drug-likeness (QED) is 0.620. The number of nitrogens with zero attached hydrogens (tertiary/aromatic N) is 2. The van der Waals surface area contributed by atoms with E-state index in [0.29, 0.717) is 32.6 Å². The second-order valence-corrected chi connectivity index (χ2v) is 10.2. The molecule has 2 amide bonds. The number of carbonyl (C=O) groups is 2. The third-order valence-corrected chi connectivity index (χ3v) is 7.92. The molecule has 9 heteroatoms. The van der Waals surface area contributed by atoms with Crippen LogP contribution in [0.1, 0.15) is 24.8 Å². The molecule has 2 saturated heterocycles. The van der Waals surface area contributed by atoms with Crippen LogP contribution >= 0.6 is 0 Å². The van der Waals surface area contributed by atoms with Gasteiger partial charge in [0.1, 0.15) is 5.75 Å². The molecule has 2 N–H and O–H groups in total. The zero-order valence-electron chi connectivity index (χ0n) is 17.7. The zero-order chi connectivity index (χ0) is 22.7. The van der Waals surface area contributed by atoms with Gasteiger partial charge in [0.25, 0.3) is 0 Å². The Hall–Kier alpha value is -2.91. The van der Waals surface area contributed by atoms with Crippen molar-refractivity contribution in [2.45, 2.75) is 30.6 Å². The maximum atomic E-state index is 12.8. The van der Waals surface area contributed by atoms with Crippen LogP contribution in [0.5, 0.6) is 5.75 Å². The molecule has 0 spiro atoms. The van der Waals surface area contributed by atoms with Crippen molar-refractivity contribution in [2.75, 3.05) is 31.5 Å². The number of sulfonamides is 1. The normalized spacial score (nSPS) is 19.4. The fourth-order valence-electron chi connectivity index (χ4n) is 4.16. The van der Waals surface area contributed by atoms with E-state index < -0.39 is 21.8 Å². The highest BCUT2D eigenvalue weighted by molar-refractivity contribution is 7.89. The summed E-state index contributed by atoms with van der Waals surface area (Å²) in [5.41, 5.74) is 1.15. The Bertz CT molecular complexity index is 1100. The molecule has 2 aliphatic rings. The number of anilines is 1. The Morgan fingerprint density at radius 2 is 1.81 bits per heavy atom. The van der Waals surface area contributed by atoms with Crippen LogP contribution in [0.2, 0.25) is 0 Å². The minimum Gasteiger partial charge on any atom is -0.506 e. The Morgan fingerprint density at radius 3 is 2.53 bits per heavy atom. The number of carbonyl (C=O) groups excluding carboxylic acids is 2. The lowest BCUT2D eigenvalue weighted by molar-refractivity contribution is -0.128. The van der Waals surface area contributed by atoms with Crippen LogP contribution in [0.15, 0.2) is 53.4 Å². The summed E-state index contributed by atoms with van der Waals surface area (Å²) in [6.07, 6.45) is 2.43. The summed E-state index contributed by atoms with van der Waals surface area (Å²) in [5.74, 6) is -1.28. The molecule has 4 rings (SSSR count). The van der Waals surface area contributed by atoms with Crippen LogP contribution in [-0.4, -0.2) is 60.7 Å². The molecule has 2 aromatic rings. The van der Waals surface area contributed by atoms with Gasteiger partial charge >= 0.3 is 0 Å². The third kappa shape index (κ3) is 4.78. The largest absolute Gasteiger partial charge is 0.506 e. The van der Waals surface area contributed by atoms with E-state index in [0.717, 1.165) is 18.4 Å². The number of rotatable bonds is 7. The molecule has 0 aromatic heterocycles. The first kappa shape index (κ1) is 22.3. The van der Waals surface area contributed by atoms with Crippen molar-refractivity contribution in [3.05, 3.63) is 54.1 Å². The van der Waals surface area contributed by atoms with Crippen molar-refractivity contribution in [3.63, 3.8) is 0 Å². The third-order valence-electron chi connectivity index (χ3n) is 6.03. The maximum Gasteiger partial charge on any atom is 0.243 e. The fourth-order valence-corrected chi connectivity index (χ4v) is 5.70. The van der Waals surface area contributed by atoms with Gasteiger partial charge in [0.05, 0.1) is 16.5 Å². The standard InChI is InChI=1S/C23H27N3O5S/c27-21-9-8-19(32(30,31)26-11-4-5-12-26)15-20(21)24-23(29)18-14-22(28)25(16-18)13-10-17-6-2-1-3-7-17/h1-3,6-9,15,18,27H,4-5,10-14,16H2,(H,24,29). The lowest BCUT2D eigenvalue weighted by Gasteiger charge is -2.18. The first-order chi connectivity index (χ1) is 15.3. The second kappa shape index (κ2) is 9.30. The molecule has 2 fully saturated rings. The molecule has 8 nitrogen and oxygen atoms in total. The summed E-state index contributed by atoms with van der Waals surface area (Å²) in [6, 6.07) is 13.7. The molecule has 0 saturated carbocycles. The van der Waals surface area contributed by atoms with Crippen LogP contribution in [0.25, 0.3) is 0 Å². The van der Waals surface area contributed by atoms with Crippen LogP contribution in [0.3, 0.4) is 0 Å². The zero-order valence-corrected chi connectivity index (χ0v) is 18.6. The number of benzene rings is 2. The second-order valence-electron chi connectivity index (χ2n) is 8.26. The summed E-state index contributed by atoms with van der Waals surface area (Å²) < 4.78 is 27.0. The smallest absolute Gasteiger partial charge is 0.243 e. The monoisotopic (exact) mass is 457 g/mol. The van der Waals surface area contributed by atoms with Gasteiger partial charge in [-0.1, -0.05) is 30.3 Å². The summed E-state index contributed by atoms with van der Waals surface area (Å²) in [7, 11) is -3.68. The molecule has 1 unspecified atom stereocenters. The minimum atomic E-state index is -3.68. The molecular weight excluding hydrogens is 430 g/mol. The van der Waals surface area contributed by atoms with E-state index >= 15 is 0 Å². The molecule has 0 bridgehead atoms. The predicted octanol–water partition coefficient (Wildman–Crippen LogP) is 2.21. The van der Waals surface area contributed by atoms with Crippen molar-refractivity contribution in [1.82, 2.24) is 9.21 Å². The van der Waals surface area contributed by atoms with Gasteiger partial charge in [0.2, 0.25) is 21.8 Å². The topological polar surface area (TPSA) is 107 Å². The molecule has 2 heterocycles. The van der Waals surface area contributed by atoms with Gasteiger partial charge in [0, 0.05) is 32.6 Å². The fraction of sp³-hybridized carbons (Fsp3) is 0.391. The highest BCUT2D eigenvalue weighted by atomic mass is 32.2. The molecule has 0 aliphatic carbocycles. The number of nitrogens with one attached hydrogen (secondary N) is 1. The number of aromatic hydroxyl groups is 1. The maximum absolute atomic E-state index is 12.8. The molecular formula is C23H27N3O5S. The average molecular weight is 458 g/mol. The van der Waals surface area contributed by atoms with Gasteiger partial charge < -0.3 is 15.3 Å². The molecule has 2 aromatic carbocycles. The van der Waals surface area contributed by atoms with Crippen LogP contribution in [0, 0.1) is 5.92 Å². The van der Waals surface area contributed by atoms with E-state index in [1.807, 2.05) is 30.3 Å². The number of phenols is 1. The van der Waals surface area contributed by atoms with Gasteiger partial charge in [-0.15, -0.1) is 0 Å². The highest BCUT2D eigenvalue weighted by Crippen LogP contribution is 2.30. The lowest BCUT2D eigenvalue weighted by atomic mass is 10.1. The van der Waals surface area contributed by atoms with E-state index in [1.165, 1.54) is 22.5 Å². The van der Waals surface area contributed by atoms with Crippen molar-refractivity contribution in [2.24, 2.45) is 5.92 Å². The Labute approximate surface area is 187 Å². The minimum absolute atomic E-state index is 0.0273. The van der Waals surface area contributed by atoms with E-state index in [9.17, 15) is 23.1 Å². The van der Waals surface area contributed by atoms with Crippen molar-refractivity contribution in [1.29, 1.82) is 0 Å². The van der Waals surface area contributed by atoms with E-state index in [-0.39, 0.29) is 28.7 Å². The first-order valence-corrected chi connectivity index (χ1v) is 12.2. The van der Waals surface area contributed by atoms with E-state index in [4.69, 9.17) is 0 Å². The summed E-state index contributed by atoms with van der Waals surface area (Å²) in [5, 5.41) is 12.8. The molecule has 0 radical (unpaired) electrons. The number of amides is 2. The summed E-state index contributed by atoms with van der Waals surface area (Å²) in [4.78, 5) is 26.9. The Balaban J connectivity index is 1.41. The summed E-state index contributed by atoms with van der Waals surface area (Å²) >= 11 is 0. The average Bonchev–Trinajstić information content (AvgIpc) is 3.45. The van der Waals surface area contributed by atoms with Crippen molar-refractivity contribution < 1.29 is 23.1 Å². The Kier molecular flexibility index (Phi) is 6.48. The molecule has 1 atom stereocenters. The van der Waals surface area contributed by atoms with Gasteiger partial charge in [0.15, 0.2) is 0 Å². The van der Waals surface area contributed by atoms with Crippen LogP contribution in [-0.2, 0) is 26.0 Å².